The average Bonchev–Trinajstić information content (AvgIpc) is 2.36. The first-order chi connectivity index (χ1) is 9.23. The lowest BCUT2D eigenvalue weighted by atomic mass is 9.72. The summed E-state index contributed by atoms with van der Waals surface area (Å²) in [6.45, 7) is -0.0943. The lowest BCUT2D eigenvalue weighted by Crippen LogP contribution is -2.61. The van der Waals surface area contributed by atoms with Crippen LogP contribution in [0.4, 0.5) is 13.2 Å². The number of halogens is 3. The molecule has 0 aromatic rings. The van der Waals surface area contributed by atoms with Crippen LogP contribution in [0.15, 0.2) is 0 Å². The van der Waals surface area contributed by atoms with Crippen LogP contribution in [0, 0.1) is 11.8 Å². The Morgan fingerprint density at radius 2 is 1.80 bits per heavy atom. The maximum atomic E-state index is 12.6. The quantitative estimate of drug-likeness (QED) is 0.757. The number of rotatable bonds is 1. The van der Waals surface area contributed by atoms with Gasteiger partial charge in [-0.1, -0.05) is 0 Å². The zero-order chi connectivity index (χ0) is 15.1. The second kappa shape index (κ2) is 5.23. The number of nitrogens with zero attached hydrogens (tertiary/aromatic N) is 1. The Kier molecular flexibility index (Phi) is 3.95. The third kappa shape index (κ3) is 2.61. The fraction of sp³-hybridized carbons (Fsp3) is 0.833. The number of hydrogen-bond donors (Lipinski definition) is 2. The van der Waals surface area contributed by atoms with Crippen LogP contribution >= 0.6 is 0 Å². The number of aliphatic carboxylic acids is 1. The molecule has 114 valence electrons. The van der Waals surface area contributed by atoms with Gasteiger partial charge in [0.2, 0.25) is 0 Å². The molecule has 5 nitrogen and oxygen atoms in total. The van der Waals surface area contributed by atoms with Crippen molar-refractivity contribution in [3.05, 3.63) is 0 Å². The van der Waals surface area contributed by atoms with Gasteiger partial charge in [-0.25, -0.2) is 0 Å². The van der Waals surface area contributed by atoms with Crippen molar-refractivity contribution in [1.82, 2.24) is 4.90 Å². The van der Waals surface area contributed by atoms with E-state index in [2.05, 4.69) is 0 Å². The maximum Gasteiger partial charge on any atom is 0.471 e. The summed E-state index contributed by atoms with van der Waals surface area (Å²) in [5.41, 5.74) is 0. The molecule has 4 atom stereocenters. The van der Waals surface area contributed by atoms with E-state index in [-0.39, 0.29) is 18.9 Å². The van der Waals surface area contributed by atoms with E-state index in [1.807, 2.05) is 0 Å². The van der Waals surface area contributed by atoms with Crippen molar-refractivity contribution in [2.75, 3.05) is 6.54 Å². The van der Waals surface area contributed by atoms with Crippen LogP contribution in [-0.2, 0) is 9.59 Å². The number of likely N-dealkylation sites (tertiary alicyclic amines) is 1. The summed E-state index contributed by atoms with van der Waals surface area (Å²) in [6.07, 6.45) is -4.76. The van der Waals surface area contributed by atoms with Gasteiger partial charge in [-0.05, 0) is 31.6 Å². The van der Waals surface area contributed by atoms with Gasteiger partial charge in [0.15, 0.2) is 0 Å². The van der Waals surface area contributed by atoms with Crippen LogP contribution in [0.3, 0.4) is 0 Å². The van der Waals surface area contributed by atoms with Crippen LogP contribution in [0.1, 0.15) is 25.7 Å². The minimum atomic E-state index is -5.00. The van der Waals surface area contributed by atoms with Crippen molar-refractivity contribution >= 4 is 11.9 Å². The topological polar surface area (TPSA) is 77.8 Å². The lowest BCUT2D eigenvalue weighted by molar-refractivity contribution is -0.197. The zero-order valence-corrected chi connectivity index (χ0v) is 10.6. The third-order valence-corrected chi connectivity index (χ3v) is 4.25. The van der Waals surface area contributed by atoms with Gasteiger partial charge in [0.1, 0.15) is 0 Å². The Bertz CT molecular complexity index is 412. The number of fused-ring (bicyclic) bond motifs is 1. The molecule has 1 heterocycles. The second-order valence-electron chi connectivity index (χ2n) is 5.40. The summed E-state index contributed by atoms with van der Waals surface area (Å²) in [7, 11) is 0. The van der Waals surface area contributed by atoms with E-state index in [9.17, 15) is 27.9 Å². The van der Waals surface area contributed by atoms with Gasteiger partial charge >= 0.3 is 18.1 Å². The molecule has 2 aliphatic rings. The first kappa shape index (κ1) is 15.1. The van der Waals surface area contributed by atoms with E-state index >= 15 is 0 Å². The number of amides is 1. The molecule has 0 aromatic carbocycles. The van der Waals surface area contributed by atoms with Crippen LogP contribution in [0.5, 0.6) is 0 Å². The number of alkyl halides is 3. The third-order valence-electron chi connectivity index (χ3n) is 4.25. The van der Waals surface area contributed by atoms with E-state index in [4.69, 9.17) is 5.11 Å². The first-order valence-electron chi connectivity index (χ1n) is 6.52. The SMILES string of the molecule is O=C(O)C1CCC2CCCN(C(=O)C(F)(F)F)C2C1O. The molecule has 1 amide bonds. The molecule has 0 aromatic heterocycles. The summed E-state index contributed by atoms with van der Waals surface area (Å²) < 4.78 is 37.8. The molecule has 2 fully saturated rings. The molecular weight excluding hydrogens is 279 g/mol. The predicted molar refractivity (Wildman–Crippen MR) is 60.6 cm³/mol. The second-order valence-corrected chi connectivity index (χ2v) is 5.40. The fourth-order valence-electron chi connectivity index (χ4n) is 3.35. The number of carboxylic acid groups (broad SMARTS) is 1. The Balaban J connectivity index is 2.25. The Labute approximate surface area is 113 Å². The zero-order valence-electron chi connectivity index (χ0n) is 10.6. The molecule has 20 heavy (non-hydrogen) atoms. The van der Waals surface area contributed by atoms with E-state index in [0.29, 0.717) is 24.2 Å². The highest BCUT2D eigenvalue weighted by atomic mass is 19.4. The van der Waals surface area contributed by atoms with Crippen LogP contribution in [0.2, 0.25) is 0 Å². The van der Waals surface area contributed by atoms with Crippen LogP contribution in [-0.4, -0.2) is 51.9 Å². The largest absolute Gasteiger partial charge is 0.481 e. The van der Waals surface area contributed by atoms with Gasteiger partial charge in [-0.15, -0.1) is 0 Å². The molecule has 2 N–H and O–H groups in total. The van der Waals surface area contributed by atoms with Gasteiger partial charge in [-0.3, -0.25) is 9.59 Å². The molecular formula is C12H16F3NO4. The Morgan fingerprint density at radius 1 is 1.15 bits per heavy atom. The molecule has 0 radical (unpaired) electrons. The van der Waals surface area contributed by atoms with Crippen LogP contribution < -0.4 is 0 Å². The molecule has 1 aliphatic carbocycles. The van der Waals surface area contributed by atoms with Crippen molar-refractivity contribution in [3.8, 4) is 0 Å². The molecule has 1 saturated carbocycles. The summed E-state index contributed by atoms with van der Waals surface area (Å²) in [5, 5.41) is 19.1. The standard InChI is InChI=1S/C12H16F3NO4/c13-12(14,15)11(20)16-5-1-2-6-3-4-7(10(18)19)9(17)8(6)16/h6-9,17H,1-5H2,(H,18,19). The van der Waals surface area contributed by atoms with Crippen molar-refractivity contribution < 1.29 is 33.0 Å². The molecule has 0 bridgehead atoms. The van der Waals surface area contributed by atoms with Gasteiger partial charge in [0.05, 0.1) is 18.1 Å². The van der Waals surface area contributed by atoms with Gasteiger partial charge < -0.3 is 15.1 Å². The maximum absolute atomic E-state index is 12.6. The highest BCUT2D eigenvalue weighted by Crippen LogP contribution is 2.39. The normalized spacial score (nSPS) is 34.5. The van der Waals surface area contributed by atoms with E-state index < -0.39 is 36.1 Å². The number of aliphatic hydroxyl groups is 1. The number of hydrogen-bond acceptors (Lipinski definition) is 3. The average molecular weight is 295 g/mol. The molecule has 2 rings (SSSR count). The Hall–Kier alpha value is -1.31. The highest BCUT2D eigenvalue weighted by molar-refractivity contribution is 5.82. The molecule has 4 unspecified atom stereocenters. The first-order valence-corrected chi connectivity index (χ1v) is 6.52. The fourth-order valence-corrected chi connectivity index (χ4v) is 3.35. The molecule has 1 saturated heterocycles. The van der Waals surface area contributed by atoms with E-state index in [1.54, 1.807) is 0 Å². The minimum Gasteiger partial charge on any atom is -0.481 e. The minimum absolute atomic E-state index is 0.0943. The van der Waals surface area contributed by atoms with Gasteiger partial charge in [0.25, 0.3) is 0 Å². The van der Waals surface area contributed by atoms with Crippen LogP contribution in [0.25, 0.3) is 0 Å². The number of aliphatic hydroxyl groups excluding tert-OH is 1. The van der Waals surface area contributed by atoms with Crippen molar-refractivity contribution in [1.29, 1.82) is 0 Å². The lowest BCUT2D eigenvalue weighted by Gasteiger charge is -2.48. The monoisotopic (exact) mass is 295 g/mol. The molecule has 0 spiro atoms. The van der Waals surface area contributed by atoms with Crippen molar-refractivity contribution in [2.24, 2.45) is 11.8 Å². The van der Waals surface area contributed by atoms with E-state index in [0.717, 1.165) is 0 Å². The highest BCUT2D eigenvalue weighted by Gasteiger charge is 2.52. The number of carbonyl (C=O) groups excluding carboxylic acids is 1. The number of carbonyl (C=O) groups is 2. The van der Waals surface area contributed by atoms with Crippen molar-refractivity contribution in [2.45, 2.75) is 44.0 Å². The summed E-state index contributed by atoms with van der Waals surface area (Å²) in [4.78, 5) is 23.1. The molecule has 1 aliphatic heterocycles. The smallest absolute Gasteiger partial charge is 0.471 e. The Morgan fingerprint density at radius 3 is 2.35 bits per heavy atom. The number of carboxylic acids is 1. The predicted octanol–water partition coefficient (Wildman–Crippen LogP) is 1.01. The summed E-state index contributed by atoms with van der Waals surface area (Å²) in [5.74, 6) is -4.60. The van der Waals surface area contributed by atoms with Gasteiger partial charge in [-0.2, -0.15) is 13.2 Å². The molecule has 8 heteroatoms. The van der Waals surface area contributed by atoms with Gasteiger partial charge in [0, 0.05) is 6.54 Å². The summed E-state index contributed by atoms with van der Waals surface area (Å²) >= 11 is 0. The van der Waals surface area contributed by atoms with Crippen molar-refractivity contribution in [3.63, 3.8) is 0 Å². The number of piperidine rings is 1. The summed E-state index contributed by atoms with van der Waals surface area (Å²) in [6, 6.07) is -1.05. The van der Waals surface area contributed by atoms with E-state index in [1.165, 1.54) is 0 Å².